The molecule has 3 N–H and O–H groups in total. The maximum Gasteiger partial charge on any atom is 0.255 e. The van der Waals surface area contributed by atoms with Crippen molar-refractivity contribution in [1.29, 1.82) is 0 Å². The van der Waals surface area contributed by atoms with Gasteiger partial charge in [0.1, 0.15) is 0 Å². The molecule has 3 fully saturated rings. The highest BCUT2D eigenvalue weighted by atomic mass is 16.1. The molecule has 32 heavy (non-hydrogen) atoms. The third kappa shape index (κ3) is 5.07. The minimum Gasteiger partial charge on any atom is -0.348 e. The molecule has 0 spiro atoms. The van der Waals surface area contributed by atoms with Gasteiger partial charge in [0.25, 0.3) is 5.91 Å². The highest BCUT2D eigenvalue weighted by molar-refractivity contribution is 5.95. The lowest BCUT2D eigenvalue weighted by Gasteiger charge is -2.42. The van der Waals surface area contributed by atoms with Crippen LogP contribution in [-0.4, -0.2) is 52.2 Å². The van der Waals surface area contributed by atoms with E-state index in [1.54, 1.807) is 6.20 Å². The molecule has 2 aliphatic carbocycles. The molecule has 5 rings (SSSR count). The summed E-state index contributed by atoms with van der Waals surface area (Å²) < 4.78 is 0. The van der Waals surface area contributed by atoms with Crippen molar-refractivity contribution >= 4 is 5.91 Å². The van der Waals surface area contributed by atoms with E-state index in [0.717, 1.165) is 43.7 Å². The van der Waals surface area contributed by atoms with Gasteiger partial charge in [0.05, 0.1) is 17.5 Å². The second-order valence-corrected chi connectivity index (χ2v) is 10.00. The number of nitrogens with one attached hydrogen (secondary N) is 3. The zero-order chi connectivity index (χ0) is 21.8. The molecule has 2 aromatic rings. The third-order valence-electron chi connectivity index (χ3n) is 7.80. The molecule has 6 heteroatoms. The number of carbonyl (C=O) groups excluding carboxylic acids is 1. The summed E-state index contributed by atoms with van der Waals surface area (Å²) >= 11 is 0. The van der Waals surface area contributed by atoms with Crippen LogP contribution in [0.5, 0.6) is 0 Å². The lowest BCUT2D eigenvalue weighted by Crippen LogP contribution is -2.60. The van der Waals surface area contributed by atoms with Crippen LogP contribution in [-0.2, 0) is 6.54 Å². The Morgan fingerprint density at radius 3 is 2.44 bits per heavy atom. The summed E-state index contributed by atoms with van der Waals surface area (Å²) in [5, 5.41) is 14.5. The molecular weight excluding hydrogens is 398 g/mol. The van der Waals surface area contributed by atoms with Crippen LogP contribution >= 0.6 is 0 Å². The minimum absolute atomic E-state index is 0.0495. The summed E-state index contributed by atoms with van der Waals surface area (Å²) in [6.07, 6.45) is 12.4. The largest absolute Gasteiger partial charge is 0.348 e. The number of aromatic amines is 1. The van der Waals surface area contributed by atoms with Crippen LogP contribution in [0.3, 0.4) is 0 Å². The number of rotatable bonds is 7. The SMILES string of the molecule is O=C(N[C@H]1CC[C@H]1NC1CCN(Cc2ccccc2)CC1)c1cn[nH]c1C1CCCCC1. The molecule has 172 valence electrons. The highest BCUT2D eigenvalue weighted by Gasteiger charge is 2.35. The van der Waals surface area contributed by atoms with Crippen LogP contribution in [0.25, 0.3) is 0 Å². The molecule has 1 saturated heterocycles. The van der Waals surface area contributed by atoms with Gasteiger partial charge in [-0.05, 0) is 57.2 Å². The second kappa shape index (κ2) is 10.2. The average molecular weight is 436 g/mol. The number of nitrogens with zero attached hydrogens (tertiary/aromatic N) is 2. The van der Waals surface area contributed by atoms with Gasteiger partial charge in [-0.3, -0.25) is 14.8 Å². The minimum atomic E-state index is 0.0495. The summed E-state index contributed by atoms with van der Waals surface area (Å²) in [6.45, 7) is 3.32. The first kappa shape index (κ1) is 21.7. The van der Waals surface area contributed by atoms with Gasteiger partial charge < -0.3 is 10.6 Å². The van der Waals surface area contributed by atoms with E-state index in [0.29, 0.717) is 18.0 Å². The van der Waals surface area contributed by atoms with Gasteiger partial charge in [0, 0.05) is 30.6 Å². The summed E-state index contributed by atoms with van der Waals surface area (Å²) in [6, 6.07) is 11.9. The number of aromatic nitrogens is 2. The van der Waals surface area contributed by atoms with E-state index in [1.807, 2.05) is 0 Å². The molecule has 1 amide bonds. The van der Waals surface area contributed by atoms with Crippen molar-refractivity contribution in [3.05, 3.63) is 53.3 Å². The van der Waals surface area contributed by atoms with E-state index in [2.05, 4.69) is 56.1 Å². The standard InChI is InChI=1S/C26H37N5O/c32-26(22-17-27-30-25(22)20-9-5-2-6-10-20)29-24-12-11-23(24)28-21-13-15-31(16-14-21)18-19-7-3-1-4-8-19/h1,3-4,7-8,17,20-21,23-24,28H,2,5-6,9-16,18H2,(H,27,30)(H,29,32)/t23-,24+/m1/s1. The fourth-order valence-corrected chi connectivity index (χ4v) is 5.70. The van der Waals surface area contributed by atoms with E-state index < -0.39 is 0 Å². The quantitative estimate of drug-likeness (QED) is 0.615. The molecule has 1 aromatic carbocycles. The van der Waals surface area contributed by atoms with Crippen molar-refractivity contribution in [3.8, 4) is 0 Å². The topological polar surface area (TPSA) is 73.1 Å². The molecule has 6 nitrogen and oxygen atoms in total. The summed E-state index contributed by atoms with van der Waals surface area (Å²) in [5.74, 6) is 0.511. The van der Waals surface area contributed by atoms with E-state index in [1.165, 1.54) is 50.5 Å². The maximum absolute atomic E-state index is 13.0. The molecule has 3 aliphatic rings. The number of likely N-dealkylation sites (tertiary alicyclic amines) is 1. The molecule has 2 saturated carbocycles. The first-order valence-corrected chi connectivity index (χ1v) is 12.6. The number of H-pyrrole nitrogens is 1. The molecule has 0 unspecified atom stereocenters. The van der Waals surface area contributed by atoms with E-state index in [9.17, 15) is 4.79 Å². The van der Waals surface area contributed by atoms with Gasteiger partial charge in [0.2, 0.25) is 0 Å². The molecule has 0 radical (unpaired) electrons. The van der Waals surface area contributed by atoms with Gasteiger partial charge >= 0.3 is 0 Å². The molecule has 2 atom stereocenters. The van der Waals surface area contributed by atoms with Crippen molar-refractivity contribution < 1.29 is 4.79 Å². The smallest absolute Gasteiger partial charge is 0.255 e. The normalized spacial score (nSPS) is 25.4. The Morgan fingerprint density at radius 1 is 0.969 bits per heavy atom. The van der Waals surface area contributed by atoms with Crippen molar-refractivity contribution in [3.63, 3.8) is 0 Å². The van der Waals surface area contributed by atoms with E-state index >= 15 is 0 Å². The number of piperidine rings is 1. The molecule has 2 heterocycles. The lowest BCUT2D eigenvalue weighted by molar-refractivity contribution is 0.0876. The second-order valence-electron chi connectivity index (χ2n) is 10.00. The Hall–Kier alpha value is -2.18. The van der Waals surface area contributed by atoms with Crippen LogP contribution in [0.2, 0.25) is 0 Å². The Kier molecular flexibility index (Phi) is 6.89. The Balaban J connectivity index is 1.09. The zero-order valence-electron chi connectivity index (χ0n) is 19.1. The van der Waals surface area contributed by atoms with Crippen molar-refractivity contribution in [2.24, 2.45) is 0 Å². The first-order chi connectivity index (χ1) is 15.8. The number of amides is 1. The van der Waals surface area contributed by atoms with Crippen LogP contribution in [0.4, 0.5) is 0 Å². The van der Waals surface area contributed by atoms with Crippen LogP contribution in [0.1, 0.15) is 85.3 Å². The highest BCUT2D eigenvalue weighted by Crippen LogP contribution is 2.33. The number of benzene rings is 1. The number of carbonyl (C=O) groups is 1. The summed E-state index contributed by atoms with van der Waals surface area (Å²) in [7, 11) is 0. The molecule has 0 bridgehead atoms. The van der Waals surface area contributed by atoms with Gasteiger partial charge in [-0.2, -0.15) is 5.10 Å². The fourth-order valence-electron chi connectivity index (χ4n) is 5.70. The van der Waals surface area contributed by atoms with E-state index in [-0.39, 0.29) is 11.9 Å². The number of hydrogen-bond donors (Lipinski definition) is 3. The van der Waals surface area contributed by atoms with Crippen LogP contribution < -0.4 is 10.6 Å². The Morgan fingerprint density at radius 2 is 1.72 bits per heavy atom. The predicted octanol–water partition coefficient (Wildman–Crippen LogP) is 3.97. The first-order valence-electron chi connectivity index (χ1n) is 12.6. The van der Waals surface area contributed by atoms with Crippen molar-refractivity contribution in [1.82, 2.24) is 25.7 Å². The Labute approximate surface area is 191 Å². The predicted molar refractivity (Wildman–Crippen MR) is 127 cm³/mol. The van der Waals surface area contributed by atoms with Crippen molar-refractivity contribution in [2.75, 3.05) is 13.1 Å². The summed E-state index contributed by atoms with van der Waals surface area (Å²) in [4.78, 5) is 15.6. The lowest BCUT2D eigenvalue weighted by atomic mass is 9.84. The fraction of sp³-hybridized carbons (Fsp3) is 0.615. The maximum atomic E-state index is 13.0. The third-order valence-corrected chi connectivity index (χ3v) is 7.80. The monoisotopic (exact) mass is 435 g/mol. The summed E-state index contributed by atoms with van der Waals surface area (Å²) in [5.41, 5.74) is 3.21. The number of hydrogen-bond acceptors (Lipinski definition) is 4. The zero-order valence-corrected chi connectivity index (χ0v) is 19.1. The molecule has 1 aliphatic heterocycles. The molecular formula is C26H37N5O. The van der Waals surface area contributed by atoms with E-state index in [4.69, 9.17) is 0 Å². The van der Waals surface area contributed by atoms with Gasteiger partial charge in [-0.1, -0.05) is 49.6 Å². The van der Waals surface area contributed by atoms with Gasteiger partial charge in [0.15, 0.2) is 0 Å². The van der Waals surface area contributed by atoms with Crippen LogP contribution in [0.15, 0.2) is 36.5 Å². The Bertz CT molecular complexity index is 867. The molecule has 1 aromatic heterocycles. The van der Waals surface area contributed by atoms with Gasteiger partial charge in [-0.15, -0.1) is 0 Å². The average Bonchev–Trinajstić information content (AvgIpc) is 3.33. The van der Waals surface area contributed by atoms with Gasteiger partial charge in [-0.25, -0.2) is 0 Å². The van der Waals surface area contributed by atoms with Crippen molar-refractivity contribution in [2.45, 2.75) is 88.4 Å². The van der Waals surface area contributed by atoms with Crippen LogP contribution in [0, 0.1) is 0 Å².